The molecule has 3 heteroatoms. The van der Waals surface area contributed by atoms with Crippen LogP contribution in [0.1, 0.15) is 0 Å². The molecular weight excluding hydrogens is 336 g/mol. The van der Waals surface area contributed by atoms with Gasteiger partial charge in [0.1, 0.15) is 0 Å². The highest BCUT2D eigenvalue weighted by atomic mass is 32.1. The van der Waals surface area contributed by atoms with Crippen molar-refractivity contribution in [3.8, 4) is 11.3 Å². The Morgan fingerprint density at radius 1 is 0.731 bits per heavy atom. The second-order valence-electron chi connectivity index (χ2n) is 6.56. The Hall–Kier alpha value is -3.17. The predicted octanol–water partition coefficient (Wildman–Crippen LogP) is 6.75. The number of rotatable bonds is 1. The maximum Gasteiger partial charge on any atom is 0.0702 e. The lowest BCUT2D eigenvalue weighted by Crippen LogP contribution is -1.81. The lowest BCUT2D eigenvalue weighted by Gasteiger charge is -2.00. The van der Waals surface area contributed by atoms with Gasteiger partial charge >= 0.3 is 0 Å². The van der Waals surface area contributed by atoms with Crippen molar-refractivity contribution in [2.45, 2.75) is 0 Å². The number of H-pyrrole nitrogens is 1. The number of nitrogens with one attached hydrogen (secondary N) is 1. The van der Waals surface area contributed by atoms with E-state index < -0.39 is 0 Å². The summed E-state index contributed by atoms with van der Waals surface area (Å²) in [6.45, 7) is 0. The highest BCUT2D eigenvalue weighted by Crippen LogP contribution is 2.40. The summed E-state index contributed by atoms with van der Waals surface area (Å²) in [7, 11) is 0. The van der Waals surface area contributed by atoms with Crippen molar-refractivity contribution < 1.29 is 0 Å². The summed E-state index contributed by atoms with van der Waals surface area (Å²) in [6, 6.07) is 25.7. The van der Waals surface area contributed by atoms with Crippen molar-refractivity contribution in [1.82, 2.24) is 9.97 Å². The molecule has 3 aromatic heterocycles. The third kappa shape index (κ3) is 1.89. The first-order valence-electron chi connectivity index (χ1n) is 8.65. The van der Waals surface area contributed by atoms with Crippen LogP contribution in [0.2, 0.25) is 0 Å². The van der Waals surface area contributed by atoms with Crippen molar-refractivity contribution in [1.29, 1.82) is 0 Å². The Morgan fingerprint density at radius 2 is 1.62 bits per heavy atom. The van der Waals surface area contributed by atoms with Gasteiger partial charge in [0, 0.05) is 43.5 Å². The maximum atomic E-state index is 4.49. The van der Waals surface area contributed by atoms with Gasteiger partial charge in [0.2, 0.25) is 0 Å². The molecule has 0 atom stereocenters. The van der Waals surface area contributed by atoms with Crippen LogP contribution in [0.5, 0.6) is 0 Å². The van der Waals surface area contributed by atoms with Crippen LogP contribution in [0.4, 0.5) is 0 Å². The van der Waals surface area contributed by atoms with Crippen LogP contribution in [-0.4, -0.2) is 9.97 Å². The zero-order chi connectivity index (χ0) is 17.1. The molecule has 0 aliphatic rings. The van der Waals surface area contributed by atoms with E-state index in [-0.39, 0.29) is 0 Å². The fourth-order valence-electron chi connectivity index (χ4n) is 3.84. The zero-order valence-corrected chi connectivity index (χ0v) is 14.7. The fourth-order valence-corrected chi connectivity index (χ4v) is 5.05. The molecular formula is C23H14N2S. The van der Waals surface area contributed by atoms with E-state index in [1.54, 1.807) is 0 Å². The molecule has 0 unspecified atom stereocenters. The quantitative estimate of drug-likeness (QED) is 0.349. The molecule has 6 rings (SSSR count). The largest absolute Gasteiger partial charge is 0.353 e. The first-order chi connectivity index (χ1) is 12.9. The van der Waals surface area contributed by atoms with Crippen molar-refractivity contribution in [2.75, 3.05) is 0 Å². The summed E-state index contributed by atoms with van der Waals surface area (Å²) in [5.74, 6) is 0. The second-order valence-corrected chi connectivity index (χ2v) is 7.62. The normalized spacial score (nSPS) is 11.8. The van der Waals surface area contributed by atoms with Crippen molar-refractivity contribution in [3.63, 3.8) is 0 Å². The van der Waals surface area contributed by atoms with Crippen LogP contribution in [0.15, 0.2) is 79.0 Å². The van der Waals surface area contributed by atoms with Gasteiger partial charge in [-0.2, -0.15) is 0 Å². The Labute approximate surface area is 153 Å². The second kappa shape index (κ2) is 5.16. The molecule has 122 valence electrons. The van der Waals surface area contributed by atoms with Crippen molar-refractivity contribution in [3.05, 3.63) is 79.0 Å². The van der Waals surface area contributed by atoms with E-state index in [4.69, 9.17) is 0 Å². The Morgan fingerprint density at radius 3 is 2.54 bits per heavy atom. The molecule has 0 radical (unpaired) electrons. The van der Waals surface area contributed by atoms with E-state index in [0.717, 1.165) is 11.3 Å². The van der Waals surface area contributed by atoms with Gasteiger partial charge in [0.15, 0.2) is 0 Å². The first kappa shape index (κ1) is 14.0. The summed E-state index contributed by atoms with van der Waals surface area (Å²) >= 11 is 1.86. The van der Waals surface area contributed by atoms with Crippen LogP contribution in [-0.2, 0) is 0 Å². The highest BCUT2D eigenvalue weighted by molar-refractivity contribution is 7.26. The number of pyridine rings is 1. The third-order valence-electron chi connectivity index (χ3n) is 5.08. The van der Waals surface area contributed by atoms with Gasteiger partial charge in [-0.25, -0.2) is 0 Å². The minimum absolute atomic E-state index is 1.01. The summed E-state index contributed by atoms with van der Waals surface area (Å²) in [5.41, 5.74) is 4.56. The summed E-state index contributed by atoms with van der Waals surface area (Å²) in [6.07, 6.45) is 1.84. The predicted molar refractivity (Wildman–Crippen MR) is 112 cm³/mol. The Bertz CT molecular complexity index is 1420. The van der Waals surface area contributed by atoms with E-state index >= 15 is 0 Å². The van der Waals surface area contributed by atoms with Crippen LogP contribution in [0.25, 0.3) is 53.2 Å². The smallest absolute Gasteiger partial charge is 0.0702 e. The number of hydrogen-bond acceptors (Lipinski definition) is 2. The lowest BCUT2D eigenvalue weighted by atomic mass is 10.1. The Kier molecular flexibility index (Phi) is 2.79. The van der Waals surface area contributed by atoms with E-state index in [1.807, 2.05) is 29.7 Å². The fraction of sp³-hybridized carbons (Fsp3) is 0. The monoisotopic (exact) mass is 350 g/mol. The van der Waals surface area contributed by atoms with Crippen molar-refractivity contribution in [2.24, 2.45) is 0 Å². The molecule has 2 nitrogen and oxygen atoms in total. The molecule has 0 aliphatic carbocycles. The van der Waals surface area contributed by atoms with Gasteiger partial charge in [0.25, 0.3) is 0 Å². The summed E-state index contributed by atoms with van der Waals surface area (Å²) in [5, 5.41) is 5.19. The highest BCUT2D eigenvalue weighted by Gasteiger charge is 2.12. The molecule has 0 fully saturated rings. The third-order valence-corrected chi connectivity index (χ3v) is 6.28. The van der Waals surface area contributed by atoms with Gasteiger partial charge < -0.3 is 4.98 Å². The van der Waals surface area contributed by atoms with E-state index in [9.17, 15) is 0 Å². The molecule has 3 aromatic carbocycles. The summed E-state index contributed by atoms with van der Waals surface area (Å²) in [4.78, 5) is 8.14. The standard InChI is InChI=1S/C23H14N2S/c1-2-7-21-15(5-1)17-10-9-16-18-13-14(19-6-3-4-12-24-19)8-11-20(18)25-22(16)23(17)26-21/h1-13,25H. The number of nitrogens with zero attached hydrogens (tertiary/aromatic N) is 1. The number of fused-ring (bicyclic) bond motifs is 7. The number of aromatic nitrogens is 2. The molecule has 0 saturated carbocycles. The molecule has 0 aliphatic heterocycles. The van der Waals surface area contributed by atoms with Crippen molar-refractivity contribution >= 4 is 53.3 Å². The van der Waals surface area contributed by atoms with Crippen LogP contribution < -0.4 is 0 Å². The van der Waals surface area contributed by atoms with Crippen LogP contribution in [0.3, 0.4) is 0 Å². The molecule has 6 aromatic rings. The first-order valence-corrected chi connectivity index (χ1v) is 9.47. The van der Waals surface area contributed by atoms with Gasteiger partial charge in [-0.1, -0.05) is 42.5 Å². The molecule has 0 spiro atoms. The molecule has 26 heavy (non-hydrogen) atoms. The van der Waals surface area contributed by atoms with Gasteiger partial charge in [-0.05, 0) is 30.3 Å². The lowest BCUT2D eigenvalue weighted by molar-refractivity contribution is 1.33. The van der Waals surface area contributed by atoms with Gasteiger partial charge in [-0.15, -0.1) is 11.3 Å². The molecule has 1 N–H and O–H groups in total. The van der Waals surface area contributed by atoms with Gasteiger partial charge in [-0.3, -0.25) is 4.98 Å². The minimum Gasteiger partial charge on any atom is -0.353 e. The number of thiophene rings is 1. The SMILES string of the molecule is c1ccc(-c2ccc3[nH]c4c(ccc5c6ccccc6sc54)c3c2)nc1. The summed E-state index contributed by atoms with van der Waals surface area (Å²) < 4.78 is 2.67. The van der Waals surface area contributed by atoms with Crippen LogP contribution >= 0.6 is 11.3 Å². The number of benzene rings is 3. The molecule has 0 bridgehead atoms. The average molecular weight is 350 g/mol. The minimum atomic E-state index is 1.01. The zero-order valence-electron chi connectivity index (χ0n) is 13.9. The number of hydrogen-bond donors (Lipinski definition) is 1. The maximum absolute atomic E-state index is 4.49. The van der Waals surface area contributed by atoms with Gasteiger partial charge in [0.05, 0.1) is 15.9 Å². The topological polar surface area (TPSA) is 28.7 Å². The Balaban J connectivity index is 1.70. The number of aromatic amines is 1. The molecule has 0 amide bonds. The van der Waals surface area contributed by atoms with E-state index in [2.05, 4.69) is 70.6 Å². The molecule has 0 saturated heterocycles. The average Bonchev–Trinajstić information content (AvgIpc) is 3.26. The molecule has 3 heterocycles. The van der Waals surface area contributed by atoms with E-state index in [1.165, 1.54) is 42.0 Å². The van der Waals surface area contributed by atoms with E-state index in [0.29, 0.717) is 0 Å². The van der Waals surface area contributed by atoms with Crippen LogP contribution in [0, 0.1) is 0 Å².